The zero-order chi connectivity index (χ0) is 19.4. The number of Topliss-reactive ketones (excluding diaryl/α,β-unsaturated/α-hetero) is 1. The van der Waals surface area contributed by atoms with E-state index in [9.17, 15) is 9.59 Å². The van der Waals surface area contributed by atoms with Gasteiger partial charge in [-0.05, 0) is 57.0 Å². The van der Waals surface area contributed by atoms with Crippen LogP contribution in [0.15, 0.2) is 42.5 Å². The number of hydrogen-bond acceptors (Lipinski definition) is 4. The molecule has 1 atom stereocenters. The Hall–Kier alpha value is -2.27. The topological polar surface area (TPSA) is 46.6 Å². The van der Waals surface area contributed by atoms with Gasteiger partial charge in [0.1, 0.15) is 5.75 Å². The fraction of sp³-hybridized carbons (Fsp3) is 0.364. The van der Waals surface area contributed by atoms with Crippen LogP contribution in [-0.4, -0.2) is 30.1 Å². The molecule has 0 saturated carbocycles. The molecule has 1 aliphatic rings. The van der Waals surface area contributed by atoms with Gasteiger partial charge in [-0.1, -0.05) is 18.2 Å². The van der Waals surface area contributed by atoms with E-state index in [0.717, 1.165) is 23.4 Å². The van der Waals surface area contributed by atoms with Crippen LogP contribution < -0.4 is 9.64 Å². The molecule has 0 saturated heterocycles. The summed E-state index contributed by atoms with van der Waals surface area (Å²) in [6.07, 6.45) is 0.904. The maximum atomic E-state index is 12.8. The first-order valence-corrected chi connectivity index (χ1v) is 10.4. The predicted molar refractivity (Wildman–Crippen MR) is 111 cm³/mol. The molecule has 0 bridgehead atoms. The number of ketones is 1. The Morgan fingerprint density at radius 2 is 2.00 bits per heavy atom. The van der Waals surface area contributed by atoms with Crippen LogP contribution in [0, 0.1) is 0 Å². The lowest BCUT2D eigenvalue weighted by Crippen LogP contribution is -2.37. The summed E-state index contributed by atoms with van der Waals surface area (Å²) in [6.45, 7) is 6.15. The molecular weight excluding hydrogens is 358 g/mol. The number of carbonyl (C=O) groups excluding carboxylic acids is 2. The molecule has 0 unspecified atom stereocenters. The van der Waals surface area contributed by atoms with E-state index in [4.69, 9.17) is 4.74 Å². The largest absolute Gasteiger partial charge is 0.494 e. The molecule has 27 heavy (non-hydrogen) atoms. The van der Waals surface area contributed by atoms with Crippen LogP contribution in [-0.2, 0) is 17.0 Å². The molecule has 142 valence electrons. The van der Waals surface area contributed by atoms with Crippen molar-refractivity contribution in [2.75, 3.05) is 17.3 Å². The molecule has 3 rings (SSSR count). The molecule has 0 N–H and O–H groups in total. The van der Waals surface area contributed by atoms with Gasteiger partial charge in [0.25, 0.3) is 0 Å². The molecule has 0 radical (unpaired) electrons. The minimum Gasteiger partial charge on any atom is -0.494 e. The Morgan fingerprint density at radius 3 is 2.74 bits per heavy atom. The predicted octanol–water partition coefficient (Wildman–Crippen LogP) is 4.50. The normalized spacial score (nSPS) is 15.5. The number of fused-ring (bicyclic) bond motifs is 1. The number of amides is 1. The second-order valence-electron chi connectivity index (χ2n) is 6.75. The number of anilines is 1. The van der Waals surface area contributed by atoms with Gasteiger partial charge in [0, 0.05) is 28.6 Å². The number of hydrogen-bond donors (Lipinski definition) is 0. The molecule has 4 nitrogen and oxygen atoms in total. The maximum absolute atomic E-state index is 12.8. The number of para-hydroxylation sites is 1. The van der Waals surface area contributed by atoms with Crippen molar-refractivity contribution in [2.45, 2.75) is 39.0 Å². The second kappa shape index (κ2) is 8.61. The van der Waals surface area contributed by atoms with E-state index in [1.165, 1.54) is 5.56 Å². The molecule has 2 aromatic rings. The Labute approximate surface area is 164 Å². The molecule has 1 aliphatic heterocycles. The minimum atomic E-state index is 0.0304. The van der Waals surface area contributed by atoms with Crippen molar-refractivity contribution in [3.8, 4) is 5.75 Å². The van der Waals surface area contributed by atoms with E-state index in [2.05, 4.69) is 13.0 Å². The van der Waals surface area contributed by atoms with E-state index in [0.29, 0.717) is 23.7 Å². The molecule has 0 aromatic heterocycles. The van der Waals surface area contributed by atoms with Gasteiger partial charge in [-0.2, -0.15) is 0 Å². The summed E-state index contributed by atoms with van der Waals surface area (Å²) in [5.74, 6) is 1.96. The Morgan fingerprint density at radius 1 is 1.22 bits per heavy atom. The first-order valence-electron chi connectivity index (χ1n) is 9.25. The van der Waals surface area contributed by atoms with Crippen LogP contribution in [0.3, 0.4) is 0 Å². The molecule has 1 heterocycles. The molecule has 5 heteroatoms. The van der Waals surface area contributed by atoms with Crippen LogP contribution in [0.4, 0.5) is 5.69 Å². The van der Waals surface area contributed by atoms with Crippen molar-refractivity contribution in [1.82, 2.24) is 0 Å². The van der Waals surface area contributed by atoms with Gasteiger partial charge in [-0.25, -0.2) is 0 Å². The standard InChI is InChI=1S/C22H25NO3S/c1-4-26-21-10-9-17(16(3)24)12-19(21)13-27-14-22(25)23-15(2)11-18-7-5-6-8-20(18)23/h5-10,12,15H,4,11,13-14H2,1-3H3/t15-/m0/s1. The van der Waals surface area contributed by atoms with Crippen molar-refractivity contribution < 1.29 is 14.3 Å². The van der Waals surface area contributed by atoms with Crippen LogP contribution in [0.5, 0.6) is 5.75 Å². The fourth-order valence-corrected chi connectivity index (χ4v) is 4.33. The summed E-state index contributed by atoms with van der Waals surface area (Å²) in [7, 11) is 0. The van der Waals surface area contributed by atoms with Crippen molar-refractivity contribution >= 4 is 29.1 Å². The molecule has 2 aromatic carbocycles. The third-order valence-corrected chi connectivity index (χ3v) is 5.69. The summed E-state index contributed by atoms with van der Waals surface area (Å²) in [5.41, 5.74) is 3.89. The number of carbonyl (C=O) groups is 2. The first kappa shape index (κ1) is 19.5. The quantitative estimate of drug-likeness (QED) is 0.661. The lowest BCUT2D eigenvalue weighted by atomic mass is 10.1. The van der Waals surface area contributed by atoms with Crippen LogP contribution in [0.2, 0.25) is 0 Å². The molecular formula is C22H25NO3S. The SMILES string of the molecule is CCOc1ccc(C(C)=O)cc1CSCC(=O)N1c2ccccc2C[C@@H]1C. The van der Waals surface area contributed by atoms with Crippen LogP contribution >= 0.6 is 11.8 Å². The number of thioether (sulfide) groups is 1. The van der Waals surface area contributed by atoms with E-state index in [-0.39, 0.29) is 17.7 Å². The van der Waals surface area contributed by atoms with Gasteiger partial charge < -0.3 is 9.64 Å². The second-order valence-corrected chi connectivity index (χ2v) is 7.74. The third kappa shape index (κ3) is 4.35. The van der Waals surface area contributed by atoms with Gasteiger partial charge in [-0.15, -0.1) is 11.8 Å². The lowest BCUT2D eigenvalue weighted by Gasteiger charge is -2.22. The van der Waals surface area contributed by atoms with Crippen molar-refractivity contribution in [2.24, 2.45) is 0 Å². The van der Waals surface area contributed by atoms with E-state index in [1.807, 2.05) is 42.2 Å². The van der Waals surface area contributed by atoms with Gasteiger partial charge >= 0.3 is 0 Å². The monoisotopic (exact) mass is 383 g/mol. The average molecular weight is 384 g/mol. The van der Waals surface area contributed by atoms with Gasteiger partial charge in [0.15, 0.2) is 5.78 Å². The number of rotatable bonds is 7. The van der Waals surface area contributed by atoms with Crippen molar-refractivity contribution in [3.63, 3.8) is 0 Å². The van der Waals surface area contributed by atoms with Crippen molar-refractivity contribution in [3.05, 3.63) is 59.2 Å². The van der Waals surface area contributed by atoms with E-state index >= 15 is 0 Å². The molecule has 0 spiro atoms. The average Bonchev–Trinajstić information content (AvgIpc) is 2.98. The molecule has 0 fully saturated rings. The Kier molecular flexibility index (Phi) is 6.22. The smallest absolute Gasteiger partial charge is 0.237 e. The lowest BCUT2D eigenvalue weighted by molar-refractivity contribution is -0.116. The first-order chi connectivity index (χ1) is 13.0. The summed E-state index contributed by atoms with van der Waals surface area (Å²) in [5, 5.41) is 0. The highest BCUT2D eigenvalue weighted by Crippen LogP contribution is 2.33. The highest BCUT2D eigenvalue weighted by atomic mass is 32.2. The summed E-state index contributed by atoms with van der Waals surface area (Å²) < 4.78 is 5.67. The molecule has 0 aliphatic carbocycles. The van der Waals surface area contributed by atoms with Gasteiger partial charge in [-0.3, -0.25) is 9.59 Å². The van der Waals surface area contributed by atoms with E-state index < -0.39 is 0 Å². The minimum absolute atomic E-state index is 0.0304. The van der Waals surface area contributed by atoms with Gasteiger partial charge in [0.05, 0.1) is 12.4 Å². The third-order valence-electron chi connectivity index (χ3n) is 4.73. The maximum Gasteiger partial charge on any atom is 0.237 e. The Bertz CT molecular complexity index is 849. The summed E-state index contributed by atoms with van der Waals surface area (Å²) >= 11 is 1.56. The highest BCUT2D eigenvalue weighted by Gasteiger charge is 2.30. The molecule has 1 amide bonds. The van der Waals surface area contributed by atoms with Crippen LogP contribution in [0.25, 0.3) is 0 Å². The van der Waals surface area contributed by atoms with Gasteiger partial charge in [0.2, 0.25) is 5.91 Å². The number of nitrogens with zero attached hydrogens (tertiary/aromatic N) is 1. The zero-order valence-electron chi connectivity index (χ0n) is 16.0. The summed E-state index contributed by atoms with van der Waals surface area (Å²) in [4.78, 5) is 26.4. The zero-order valence-corrected chi connectivity index (χ0v) is 16.8. The highest BCUT2D eigenvalue weighted by molar-refractivity contribution is 7.99. The number of benzene rings is 2. The van der Waals surface area contributed by atoms with Crippen molar-refractivity contribution in [1.29, 1.82) is 0 Å². The number of ether oxygens (including phenoxy) is 1. The fourth-order valence-electron chi connectivity index (χ4n) is 3.47. The van der Waals surface area contributed by atoms with E-state index in [1.54, 1.807) is 24.8 Å². The Balaban J connectivity index is 1.67. The summed E-state index contributed by atoms with van der Waals surface area (Å²) in [6, 6.07) is 13.8. The van der Waals surface area contributed by atoms with Crippen LogP contribution in [0.1, 0.15) is 42.3 Å².